The van der Waals surface area contributed by atoms with Crippen LogP contribution in [0.4, 0.5) is 0 Å². The van der Waals surface area contributed by atoms with Gasteiger partial charge >= 0.3 is 5.97 Å². The molecule has 1 fully saturated rings. The molecular formula is C21H25NO3. The van der Waals surface area contributed by atoms with E-state index < -0.39 is 5.97 Å². The van der Waals surface area contributed by atoms with Gasteiger partial charge in [-0.3, -0.25) is 4.90 Å². The molecule has 0 saturated carbocycles. The third kappa shape index (κ3) is 4.68. The number of carbonyl (C=O) groups is 1. The summed E-state index contributed by atoms with van der Waals surface area (Å²) in [6, 6.07) is 17.8. The van der Waals surface area contributed by atoms with Gasteiger partial charge in [-0.05, 0) is 48.6 Å². The van der Waals surface area contributed by atoms with Gasteiger partial charge in [0.25, 0.3) is 0 Å². The highest BCUT2D eigenvalue weighted by atomic mass is 16.5. The zero-order chi connectivity index (χ0) is 17.6. The number of aromatic carboxylic acids is 1. The SMILES string of the molecule is CO[C@@H]1CN(Cc2cccc(C(=O)O)c2)CC[C@@H]1Cc1ccccc1. The van der Waals surface area contributed by atoms with Crippen LogP contribution in [0.3, 0.4) is 0 Å². The topological polar surface area (TPSA) is 49.8 Å². The van der Waals surface area contributed by atoms with Gasteiger partial charge in [0.05, 0.1) is 11.7 Å². The summed E-state index contributed by atoms with van der Waals surface area (Å²) < 4.78 is 5.77. The third-order valence-corrected chi connectivity index (χ3v) is 5.00. The highest BCUT2D eigenvalue weighted by Gasteiger charge is 2.29. The molecule has 1 saturated heterocycles. The smallest absolute Gasteiger partial charge is 0.335 e. The maximum absolute atomic E-state index is 11.1. The van der Waals surface area contributed by atoms with Gasteiger partial charge in [-0.15, -0.1) is 0 Å². The molecule has 1 heterocycles. The van der Waals surface area contributed by atoms with Crippen LogP contribution in [0.1, 0.15) is 27.9 Å². The van der Waals surface area contributed by atoms with Crippen molar-refractivity contribution in [2.24, 2.45) is 5.92 Å². The molecule has 0 bridgehead atoms. The van der Waals surface area contributed by atoms with E-state index in [0.29, 0.717) is 11.5 Å². The molecule has 1 N–H and O–H groups in total. The molecule has 2 aromatic rings. The van der Waals surface area contributed by atoms with Gasteiger partial charge in [0.15, 0.2) is 0 Å². The molecule has 1 aliphatic heterocycles. The summed E-state index contributed by atoms with van der Waals surface area (Å²) in [4.78, 5) is 13.5. The monoisotopic (exact) mass is 339 g/mol. The van der Waals surface area contributed by atoms with Crippen LogP contribution in [0.5, 0.6) is 0 Å². The number of rotatable bonds is 6. The van der Waals surface area contributed by atoms with Crippen LogP contribution < -0.4 is 0 Å². The number of piperidine rings is 1. The summed E-state index contributed by atoms with van der Waals surface area (Å²) in [6.07, 6.45) is 2.34. The minimum Gasteiger partial charge on any atom is -0.478 e. The van der Waals surface area contributed by atoms with Crippen molar-refractivity contribution in [2.45, 2.75) is 25.5 Å². The quantitative estimate of drug-likeness (QED) is 0.875. The number of likely N-dealkylation sites (tertiary alicyclic amines) is 1. The van der Waals surface area contributed by atoms with Crippen LogP contribution in [-0.2, 0) is 17.7 Å². The van der Waals surface area contributed by atoms with Crippen LogP contribution in [0.2, 0.25) is 0 Å². The lowest BCUT2D eigenvalue weighted by Gasteiger charge is -2.38. The molecule has 0 radical (unpaired) electrons. The van der Waals surface area contributed by atoms with Gasteiger partial charge in [-0.2, -0.15) is 0 Å². The number of nitrogens with zero attached hydrogens (tertiary/aromatic N) is 1. The van der Waals surface area contributed by atoms with Gasteiger partial charge in [-0.25, -0.2) is 4.79 Å². The Morgan fingerprint density at radius 2 is 1.92 bits per heavy atom. The van der Waals surface area contributed by atoms with Crippen molar-refractivity contribution >= 4 is 5.97 Å². The normalized spacial score (nSPS) is 21.2. The number of methoxy groups -OCH3 is 1. The average molecular weight is 339 g/mol. The molecule has 0 unspecified atom stereocenters. The molecule has 0 amide bonds. The highest BCUT2D eigenvalue weighted by Crippen LogP contribution is 2.25. The molecule has 0 aromatic heterocycles. The van der Waals surface area contributed by atoms with E-state index in [1.54, 1.807) is 19.2 Å². The summed E-state index contributed by atoms with van der Waals surface area (Å²) in [6.45, 7) is 2.65. The highest BCUT2D eigenvalue weighted by molar-refractivity contribution is 5.87. The minimum absolute atomic E-state index is 0.205. The second-order valence-electron chi connectivity index (χ2n) is 6.75. The van der Waals surface area contributed by atoms with E-state index in [4.69, 9.17) is 9.84 Å². The average Bonchev–Trinajstić information content (AvgIpc) is 2.64. The Morgan fingerprint density at radius 3 is 2.64 bits per heavy atom. The molecule has 132 valence electrons. The predicted molar refractivity (Wildman–Crippen MR) is 97.7 cm³/mol. The number of carboxylic acids is 1. The lowest BCUT2D eigenvalue weighted by molar-refractivity contribution is -0.0136. The third-order valence-electron chi connectivity index (χ3n) is 5.00. The first-order valence-corrected chi connectivity index (χ1v) is 8.77. The summed E-state index contributed by atoms with van der Waals surface area (Å²) in [5.41, 5.74) is 2.74. The van der Waals surface area contributed by atoms with E-state index in [2.05, 4.69) is 29.2 Å². The Kier molecular flexibility index (Phi) is 5.84. The predicted octanol–water partition coefficient (Wildman–Crippen LogP) is 3.46. The van der Waals surface area contributed by atoms with Gasteiger partial charge < -0.3 is 9.84 Å². The van der Waals surface area contributed by atoms with E-state index >= 15 is 0 Å². The number of benzene rings is 2. The summed E-state index contributed by atoms with van der Waals surface area (Å²) >= 11 is 0. The zero-order valence-corrected chi connectivity index (χ0v) is 14.6. The van der Waals surface area contributed by atoms with E-state index in [-0.39, 0.29) is 6.10 Å². The molecule has 4 heteroatoms. The first-order chi connectivity index (χ1) is 12.2. The molecule has 2 atom stereocenters. The first kappa shape index (κ1) is 17.6. The van der Waals surface area contributed by atoms with E-state index in [1.807, 2.05) is 18.2 Å². The molecule has 3 rings (SSSR count). The van der Waals surface area contributed by atoms with Crippen molar-refractivity contribution in [3.63, 3.8) is 0 Å². The van der Waals surface area contributed by atoms with Gasteiger partial charge in [0, 0.05) is 20.2 Å². The van der Waals surface area contributed by atoms with Crippen molar-refractivity contribution in [3.05, 3.63) is 71.3 Å². The van der Waals surface area contributed by atoms with Crippen molar-refractivity contribution < 1.29 is 14.6 Å². The number of hydrogen-bond acceptors (Lipinski definition) is 3. The largest absolute Gasteiger partial charge is 0.478 e. The first-order valence-electron chi connectivity index (χ1n) is 8.77. The Labute approximate surface area is 149 Å². The molecule has 0 spiro atoms. The minimum atomic E-state index is -0.877. The van der Waals surface area contributed by atoms with E-state index in [1.165, 1.54) is 5.56 Å². The van der Waals surface area contributed by atoms with Crippen LogP contribution in [0.25, 0.3) is 0 Å². The Morgan fingerprint density at radius 1 is 1.16 bits per heavy atom. The molecule has 1 aliphatic rings. The fraction of sp³-hybridized carbons (Fsp3) is 0.381. The summed E-state index contributed by atoms with van der Waals surface area (Å²) in [5, 5.41) is 9.14. The van der Waals surface area contributed by atoms with Gasteiger partial charge in [0.1, 0.15) is 0 Å². The van der Waals surface area contributed by atoms with Crippen LogP contribution in [0, 0.1) is 5.92 Å². The molecule has 4 nitrogen and oxygen atoms in total. The Bertz CT molecular complexity index is 701. The molecule has 25 heavy (non-hydrogen) atoms. The number of ether oxygens (including phenoxy) is 1. The van der Waals surface area contributed by atoms with Crippen molar-refractivity contribution in [1.82, 2.24) is 4.90 Å². The number of carboxylic acid groups (broad SMARTS) is 1. The maximum atomic E-state index is 11.1. The fourth-order valence-electron chi connectivity index (χ4n) is 3.65. The van der Waals surface area contributed by atoms with Gasteiger partial charge in [-0.1, -0.05) is 42.5 Å². The van der Waals surface area contributed by atoms with Crippen molar-refractivity contribution in [1.29, 1.82) is 0 Å². The number of hydrogen-bond donors (Lipinski definition) is 1. The standard InChI is InChI=1S/C21H25NO3/c1-25-20-15-22(14-17-8-5-9-19(13-17)21(23)24)11-10-18(20)12-16-6-3-2-4-7-16/h2-9,13,18,20H,10-12,14-15H2,1H3,(H,23,24)/t18-,20-/m1/s1. The molecule has 2 aromatic carbocycles. The second-order valence-corrected chi connectivity index (χ2v) is 6.75. The zero-order valence-electron chi connectivity index (χ0n) is 14.6. The summed E-state index contributed by atoms with van der Waals surface area (Å²) in [7, 11) is 1.79. The van der Waals surface area contributed by atoms with Gasteiger partial charge in [0.2, 0.25) is 0 Å². The summed E-state index contributed by atoms with van der Waals surface area (Å²) in [5.74, 6) is -0.354. The maximum Gasteiger partial charge on any atom is 0.335 e. The van der Waals surface area contributed by atoms with Crippen molar-refractivity contribution in [3.8, 4) is 0 Å². The fourth-order valence-corrected chi connectivity index (χ4v) is 3.65. The lowest BCUT2D eigenvalue weighted by atomic mass is 9.87. The van der Waals surface area contributed by atoms with Crippen LogP contribution in [0.15, 0.2) is 54.6 Å². The van der Waals surface area contributed by atoms with E-state index in [9.17, 15) is 4.79 Å². The van der Waals surface area contributed by atoms with Crippen LogP contribution >= 0.6 is 0 Å². The van der Waals surface area contributed by atoms with E-state index in [0.717, 1.165) is 38.0 Å². The Balaban J connectivity index is 1.61. The lowest BCUT2D eigenvalue weighted by Crippen LogP contribution is -2.45. The molecular weight excluding hydrogens is 314 g/mol. The molecule has 0 aliphatic carbocycles. The second kappa shape index (κ2) is 8.28. The van der Waals surface area contributed by atoms with Crippen molar-refractivity contribution in [2.75, 3.05) is 20.2 Å². The Hall–Kier alpha value is -2.17. The van der Waals surface area contributed by atoms with Crippen LogP contribution in [-0.4, -0.2) is 42.3 Å².